The van der Waals surface area contributed by atoms with Crippen molar-refractivity contribution in [1.82, 2.24) is 5.16 Å². The van der Waals surface area contributed by atoms with Gasteiger partial charge in [0.1, 0.15) is 5.58 Å². The number of hydrogen-bond acceptors (Lipinski definition) is 3. The molecule has 0 aliphatic heterocycles. The monoisotopic (exact) mass is 355 g/mol. The van der Waals surface area contributed by atoms with Crippen LogP contribution in [0.3, 0.4) is 0 Å². The number of hydrogen-bond donors (Lipinski definition) is 0. The molecule has 0 atom stereocenters. The molecule has 0 saturated heterocycles. The molecule has 1 aromatic carbocycles. The van der Waals surface area contributed by atoms with Gasteiger partial charge in [-0.15, -0.1) is 0 Å². The first-order valence-electron chi connectivity index (χ1n) is 4.97. The second-order valence-corrected chi connectivity index (χ2v) is 5.09. The summed E-state index contributed by atoms with van der Waals surface area (Å²) in [6, 6.07) is 9.68. The lowest BCUT2D eigenvalue weighted by Gasteiger charge is -1.88. The van der Waals surface area contributed by atoms with E-state index < -0.39 is 0 Å². The molecular weight excluding hydrogens is 350 g/mol. The average molecular weight is 357 g/mol. The SMILES string of the molecule is BrCc1cc(-c2cc3cc(Br)ccc3o2)on1. The Bertz CT molecular complexity index is 672. The molecule has 17 heavy (non-hydrogen) atoms. The molecule has 0 unspecified atom stereocenters. The van der Waals surface area contributed by atoms with E-state index in [4.69, 9.17) is 8.94 Å². The highest BCUT2D eigenvalue weighted by atomic mass is 79.9. The number of rotatable bonds is 2. The standard InChI is InChI=1S/C12H7Br2NO2/c13-6-9-5-12(17-15-9)11-4-7-3-8(14)1-2-10(7)16-11/h1-5H,6H2. The maximum absolute atomic E-state index is 5.70. The number of nitrogens with zero attached hydrogens (tertiary/aromatic N) is 1. The van der Waals surface area contributed by atoms with Crippen molar-refractivity contribution in [1.29, 1.82) is 0 Å². The Morgan fingerprint density at radius 1 is 1.12 bits per heavy atom. The Morgan fingerprint density at radius 2 is 2.00 bits per heavy atom. The molecule has 3 nitrogen and oxygen atoms in total. The predicted molar refractivity (Wildman–Crippen MR) is 72.0 cm³/mol. The molecule has 0 spiro atoms. The van der Waals surface area contributed by atoms with E-state index in [0.717, 1.165) is 21.1 Å². The van der Waals surface area contributed by atoms with Crippen LogP contribution in [-0.4, -0.2) is 5.16 Å². The Labute approximate surface area is 114 Å². The van der Waals surface area contributed by atoms with Crippen LogP contribution in [0, 0.1) is 0 Å². The van der Waals surface area contributed by atoms with Gasteiger partial charge in [-0.1, -0.05) is 37.0 Å². The number of halogens is 2. The van der Waals surface area contributed by atoms with Crippen molar-refractivity contribution < 1.29 is 8.94 Å². The van der Waals surface area contributed by atoms with Crippen molar-refractivity contribution in [3.63, 3.8) is 0 Å². The van der Waals surface area contributed by atoms with Gasteiger partial charge < -0.3 is 8.94 Å². The van der Waals surface area contributed by atoms with E-state index in [2.05, 4.69) is 37.0 Å². The van der Waals surface area contributed by atoms with Crippen LogP contribution in [0.15, 0.2) is 43.7 Å². The number of benzene rings is 1. The van der Waals surface area contributed by atoms with Crippen molar-refractivity contribution in [3.8, 4) is 11.5 Å². The largest absolute Gasteiger partial charge is 0.453 e. The first kappa shape index (κ1) is 11.0. The Kier molecular flexibility index (Phi) is 2.80. The van der Waals surface area contributed by atoms with Crippen LogP contribution < -0.4 is 0 Å². The number of furan rings is 1. The van der Waals surface area contributed by atoms with E-state index >= 15 is 0 Å². The van der Waals surface area contributed by atoms with Gasteiger partial charge in [-0.25, -0.2) is 0 Å². The lowest BCUT2D eigenvalue weighted by atomic mass is 10.2. The van der Waals surface area contributed by atoms with Gasteiger partial charge in [0.05, 0.1) is 5.69 Å². The van der Waals surface area contributed by atoms with Crippen LogP contribution in [-0.2, 0) is 5.33 Å². The van der Waals surface area contributed by atoms with Crippen LogP contribution >= 0.6 is 31.9 Å². The predicted octanol–water partition coefficient (Wildman–Crippen LogP) is 4.75. The molecule has 3 rings (SSSR count). The van der Waals surface area contributed by atoms with E-state index in [-0.39, 0.29) is 0 Å². The van der Waals surface area contributed by atoms with Gasteiger partial charge in [0.15, 0.2) is 5.76 Å². The molecule has 0 aliphatic rings. The summed E-state index contributed by atoms with van der Waals surface area (Å²) in [5.74, 6) is 1.34. The average Bonchev–Trinajstić information content (AvgIpc) is 2.93. The first-order valence-corrected chi connectivity index (χ1v) is 6.89. The molecule has 0 fully saturated rings. The molecule has 0 aliphatic carbocycles. The molecule has 0 bridgehead atoms. The molecule has 0 radical (unpaired) electrons. The van der Waals surface area contributed by atoms with Gasteiger partial charge >= 0.3 is 0 Å². The Hall–Kier alpha value is -1.07. The van der Waals surface area contributed by atoms with Crippen LogP contribution in [0.4, 0.5) is 0 Å². The highest BCUT2D eigenvalue weighted by Crippen LogP contribution is 2.30. The fourth-order valence-corrected chi connectivity index (χ4v) is 2.27. The Balaban J connectivity index is 2.11. The molecule has 0 saturated carbocycles. The third-order valence-corrected chi connectivity index (χ3v) is 3.48. The van der Waals surface area contributed by atoms with Crippen LogP contribution in [0.5, 0.6) is 0 Å². The second-order valence-electron chi connectivity index (χ2n) is 3.61. The number of aromatic nitrogens is 1. The molecule has 2 heterocycles. The van der Waals surface area contributed by atoms with Crippen LogP contribution in [0.2, 0.25) is 0 Å². The minimum atomic E-state index is 0.645. The zero-order chi connectivity index (χ0) is 11.8. The second kappa shape index (κ2) is 4.31. The molecule has 2 aromatic heterocycles. The number of alkyl halides is 1. The zero-order valence-corrected chi connectivity index (χ0v) is 11.8. The molecule has 86 valence electrons. The van der Waals surface area contributed by atoms with E-state index in [1.165, 1.54) is 0 Å². The fraction of sp³-hybridized carbons (Fsp3) is 0.0833. The van der Waals surface area contributed by atoms with Gasteiger partial charge in [0, 0.05) is 21.3 Å². The lowest BCUT2D eigenvalue weighted by Crippen LogP contribution is -1.70. The van der Waals surface area contributed by atoms with Gasteiger partial charge in [-0.2, -0.15) is 0 Å². The highest BCUT2D eigenvalue weighted by Gasteiger charge is 2.11. The van der Waals surface area contributed by atoms with Crippen molar-refractivity contribution in [2.24, 2.45) is 0 Å². The van der Waals surface area contributed by atoms with Crippen molar-refractivity contribution in [2.75, 3.05) is 0 Å². The van der Waals surface area contributed by atoms with E-state index in [1.807, 2.05) is 30.3 Å². The summed E-state index contributed by atoms with van der Waals surface area (Å²) in [4.78, 5) is 0. The van der Waals surface area contributed by atoms with Gasteiger partial charge in [0.25, 0.3) is 0 Å². The summed E-state index contributed by atoms with van der Waals surface area (Å²) in [6.45, 7) is 0. The van der Waals surface area contributed by atoms with Gasteiger partial charge in [0.2, 0.25) is 5.76 Å². The van der Waals surface area contributed by atoms with Crippen molar-refractivity contribution in [2.45, 2.75) is 5.33 Å². The summed E-state index contributed by atoms with van der Waals surface area (Å²) in [6.07, 6.45) is 0. The molecule has 0 N–H and O–H groups in total. The van der Waals surface area contributed by atoms with Crippen molar-refractivity contribution >= 4 is 42.8 Å². The highest BCUT2D eigenvalue weighted by molar-refractivity contribution is 9.10. The topological polar surface area (TPSA) is 39.2 Å². The fourth-order valence-electron chi connectivity index (χ4n) is 1.63. The molecular formula is C12H7Br2NO2. The normalized spacial score (nSPS) is 11.2. The summed E-state index contributed by atoms with van der Waals surface area (Å²) >= 11 is 6.76. The summed E-state index contributed by atoms with van der Waals surface area (Å²) < 4.78 is 11.9. The van der Waals surface area contributed by atoms with Gasteiger partial charge in [-0.3, -0.25) is 0 Å². The summed E-state index contributed by atoms with van der Waals surface area (Å²) in [5.41, 5.74) is 1.68. The van der Waals surface area contributed by atoms with Crippen molar-refractivity contribution in [3.05, 3.63) is 40.5 Å². The van der Waals surface area contributed by atoms with Crippen LogP contribution in [0.1, 0.15) is 5.69 Å². The van der Waals surface area contributed by atoms with E-state index in [0.29, 0.717) is 16.9 Å². The summed E-state index contributed by atoms with van der Waals surface area (Å²) in [7, 11) is 0. The van der Waals surface area contributed by atoms with E-state index in [9.17, 15) is 0 Å². The minimum Gasteiger partial charge on any atom is -0.453 e. The van der Waals surface area contributed by atoms with Crippen LogP contribution in [0.25, 0.3) is 22.5 Å². The molecule has 3 aromatic rings. The third kappa shape index (κ3) is 2.05. The maximum atomic E-state index is 5.70. The smallest absolute Gasteiger partial charge is 0.202 e. The minimum absolute atomic E-state index is 0.645. The molecule has 0 amide bonds. The Morgan fingerprint density at radius 3 is 2.76 bits per heavy atom. The lowest BCUT2D eigenvalue weighted by molar-refractivity contribution is 0.416. The molecule has 5 heteroatoms. The third-order valence-electron chi connectivity index (χ3n) is 2.42. The van der Waals surface area contributed by atoms with Gasteiger partial charge in [-0.05, 0) is 24.3 Å². The summed E-state index contributed by atoms with van der Waals surface area (Å²) in [5, 5.41) is 5.61. The maximum Gasteiger partial charge on any atom is 0.202 e. The van der Waals surface area contributed by atoms with E-state index in [1.54, 1.807) is 0 Å². The quantitative estimate of drug-likeness (QED) is 0.622. The number of fused-ring (bicyclic) bond motifs is 1. The first-order chi connectivity index (χ1) is 8.26. The zero-order valence-electron chi connectivity index (χ0n) is 8.61.